The Morgan fingerprint density at radius 2 is 1.97 bits per heavy atom. The molecule has 2 aromatic rings. The van der Waals surface area contributed by atoms with Crippen LogP contribution in [0.15, 0.2) is 72.3 Å². The molecule has 8 heteroatoms. The van der Waals surface area contributed by atoms with Gasteiger partial charge in [-0.05, 0) is 38.0 Å². The molecular formula is C24H29F2N4OP. The lowest BCUT2D eigenvalue weighted by Gasteiger charge is -2.40. The zero-order valence-electron chi connectivity index (χ0n) is 18.4. The number of benzene rings is 1. The second-order valence-corrected chi connectivity index (χ2v) is 8.19. The first-order valence-electron chi connectivity index (χ1n) is 10.5. The lowest BCUT2D eigenvalue weighted by molar-refractivity contribution is 0.104. The Labute approximate surface area is 190 Å². The van der Waals surface area contributed by atoms with Gasteiger partial charge in [-0.15, -0.1) is 0 Å². The van der Waals surface area contributed by atoms with Crippen LogP contribution < -0.4 is 9.64 Å². The number of likely N-dealkylation sites (tertiary alicyclic amines) is 1. The SMILES string of the molecule is C=C/C=N\C(=C/C)N1CCC(N(c2ccc(C(F)(F)P)cc2)c2cnccc2OC)CC1. The van der Waals surface area contributed by atoms with Crippen LogP contribution in [0, 0.1) is 0 Å². The summed E-state index contributed by atoms with van der Waals surface area (Å²) < 4.78 is 33.0. The number of alkyl halides is 2. The predicted molar refractivity (Wildman–Crippen MR) is 130 cm³/mol. The summed E-state index contributed by atoms with van der Waals surface area (Å²) >= 11 is 0. The Morgan fingerprint density at radius 3 is 2.53 bits per heavy atom. The number of hydrogen-bond acceptors (Lipinski definition) is 5. The summed E-state index contributed by atoms with van der Waals surface area (Å²) in [5.74, 6) is 1.61. The fraction of sp³-hybridized carbons (Fsp3) is 0.333. The number of piperidine rings is 1. The van der Waals surface area contributed by atoms with E-state index in [0.717, 1.165) is 43.1 Å². The number of rotatable bonds is 8. The highest BCUT2D eigenvalue weighted by Crippen LogP contribution is 2.40. The summed E-state index contributed by atoms with van der Waals surface area (Å²) in [6.45, 7) is 7.29. The lowest BCUT2D eigenvalue weighted by atomic mass is 10.0. The Kier molecular flexibility index (Phi) is 7.97. The van der Waals surface area contributed by atoms with Gasteiger partial charge < -0.3 is 14.5 Å². The molecule has 0 aliphatic carbocycles. The number of methoxy groups -OCH3 is 1. The first kappa shape index (κ1) is 23.9. The van der Waals surface area contributed by atoms with E-state index >= 15 is 0 Å². The Hall–Kier alpha value is -2.79. The van der Waals surface area contributed by atoms with Crippen molar-refractivity contribution < 1.29 is 13.5 Å². The Bertz CT molecular complexity index is 965. The standard InChI is InChI=1S/C24H29F2N4OP/c1-4-13-28-23(5-2)29-15-11-20(12-16-29)30(21-17-27-14-10-22(21)31-3)19-8-6-18(7-9-19)24(25,26)32/h4-10,13-14,17,20H,1,11-12,15-16,32H2,2-3H3/b23-5+,28-13-. The van der Waals surface area contributed by atoms with Gasteiger partial charge in [0.25, 0.3) is 5.66 Å². The van der Waals surface area contributed by atoms with Gasteiger partial charge in [0.1, 0.15) is 17.3 Å². The minimum Gasteiger partial charge on any atom is -0.494 e. The second-order valence-electron chi connectivity index (χ2n) is 7.47. The van der Waals surface area contributed by atoms with Crippen molar-refractivity contribution in [3.05, 3.63) is 72.8 Å². The van der Waals surface area contributed by atoms with Crippen molar-refractivity contribution in [1.29, 1.82) is 0 Å². The number of ether oxygens (including phenoxy) is 1. The maximum Gasteiger partial charge on any atom is 0.283 e. The lowest BCUT2D eigenvalue weighted by Crippen LogP contribution is -2.42. The van der Waals surface area contributed by atoms with Gasteiger partial charge in [-0.25, -0.2) is 4.99 Å². The fourth-order valence-corrected chi connectivity index (χ4v) is 4.13. The van der Waals surface area contributed by atoms with Crippen LogP contribution >= 0.6 is 9.24 Å². The van der Waals surface area contributed by atoms with Gasteiger partial charge >= 0.3 is 0 Å². The van der Waals surface area contributed by atoms with E-state index in [-0.39, 0.29) is 11.6 Å². The van der Waals surface area contributed by atoms with Crippen molar-refractivity contribution in [3.8, 4) is 5.75 Å². The molecule has 0 spiro atoms. The van der Waals surface area contributed by atoms with Gasteiger partial charge in [0.2, 0.25) is 0 Å². The Balaban J connectivity index is 1.91. The van der Waals surface area contributed by atoms with E-state index in [1.165, 1.54) is 12.1 Å². The van der Waals surface area contributed by atoms with Gasteiger partial charge in [0, 0.05) is 48.9 Å². The van der Waals surface area contributed by atoms with Crippen LogP contribution in [0.4, 0.5) is 20.2 Å². The average Bonchev–Trinajstić information content (AvgIpc) is 2.81. The highest BCUT2D eigenvalue weighted by molar-refractivity contribution is 7.17. The molecule has 3 rings (SSSR count). The van der Waals surface area contributed by atoms with Gasteiger partial charge in [0.05, 0.1) is 13.3 Å². The van der Waals surface area contributed by atoms with Crippen LogP contribution in [0.3, 0.4) is 0 Å². The largest absolute Gasteiger partial charge is 0.494 e. The smallest absolute Gasteiger partial charge is 0.283 e. The summed E-state index contributed by atoms with van der Waals surface area (Å²) in [5, 5.41) is 0. The number of aliphatic imine (C=N–C) groups is 1. The molecule has 32 heavy (non-hydrogen) atoms. The van der Waals surface area contributed by atoms with E-state index < -0.39 is 5.66 Å². The molecule has 1 saturated heterocycles. The maximum atomic E-state index is 13.7. The Morgan fingerprint density at radius 1 is 1.28 bits per heavy atom. The van der Waals surface area contributed by atoms with Crippen LogP contribution in [0.1, 0.15) is 25.3 Å². The highest BCUT2D eigenvalue weighted by Gasteiger charge is 2.30. The molecule has 1 aromatic heterocycles. The number of hydrogen-bond donors (Lipinski definition) is 0. The molecular weight excluding hydrogens is 429 g/mol. The van der Waals surface area contributed by atoms with Crippen molar-refractivity contribution in [2.45, 2.75) is 31.5 Å². The average molecular weight is 458 g/mol. The van der Waals surface area contributed by atoms with E-state index in [1.54, 1.807) is 53.2 Å². The monoisotopic (exact) mass is 458 g/mol. The molecule has 1 fully saturated rings. The molecule has 0 N–H and O–H groups in total. The number of pyridine rings is 1. The molecule has 170 valence electrons. The first-order valence-corrected chi connectivity index (χ1v) is 11.1. The number of halogens is 2. The molecule has 1 aromatic carbocycles. The number of aromatic nitrogens is 1. The van der Waals surface area contributed by atoms with E-state index in [1.807, 2.05) is 19.1 Å². The van der Waals surface area contributed by atoms with Crippen LogP contribution in [-0.2, 0) is 5.66 Å². The highest BCUT2D eigenvalue weighted by atomic mass is 31.0. The third kappa shape index (κ3) is 5.52. The minimum absolute atomic E-state index is 0.0445. The number of nitrogens with zero attached hydrogens (tertiary/aromatic N) is 4. The fourth-order valence-electron chi connectivity index (χ4n) is 3.94. The van der Waals surface area contributed by atoms with Crippen LogP contribution in [0.25, 0.3) is 0 Å². The minimum atomic E-state index is -2.96. The van der Waals surface area contributed by atoms with Crippen molar-refractivity contribution in [2.75, 3.05) is 25.1 Å². The molecule has 1 unspecified atom stereocenters. The first-order chi connectivity index (χ1) is 15.4. The molecule has 5 nitrogen and oxygen atoms in total. The zero-order chi connectivity index (χ0) is 23.1. The summed E-state index contributed by atoms with van der Waals surface area (Å²) in [7, 11) is 3.21. The summed E-state index contributed by atoms with van der Waals surface area (Å²) in [6, 6.07) is 8.36. The predicted octanol–water partition coefficient (Wildman–Crippen LogP) is 5.74. The summed E-state index contributed by atoms with van der Waals surface area (Å²) in [6.07, 6.45) is 10.5. The zero-order valence-corrected chi connectivity index (χ0v) is 19.6. The number of allylic oxidation sites excluding steroid dienone is 2. The van der Waals surface area contributed by atoms with E-state index in [0.29, 0.717) is 5.75 Å². The summed E-state index contributed by atoms with van der Waals surface area (Å²) in [5.41, 5.74) is -1.37. The van der Waals surface area contributed by atoms with Crippen molar-refractivity contribution in [1.82, 2.24) is 9.88 Å². The van der Waals surface area contributed by atoms with Gasteiger partial charge in [0.15, 0.2) is 0 Å². The van der Waals surface area contributed by atoms with E-state index in [2.05, 4.69) is 26.4 Å². The second kappa shape index (κ2) is 10.7. The van der Waals surface area contributed by atoms with Crippen LogP contribution in [0.5, 0.6) is 5.75 Å². The molecule has 0 bridgehead atoms. The van der Waals surface area contributed by atoms with Crippen LogP contribution in [-0.4, -0.2) is 42.3 Å². The number of anilines is 2. The third-order valence-corrected chi connectivity index (χ3v) is 5.83. The molecule has 1 atom stereocenters. The maximum absolute atomic E-state index is 13.7. The topological polar surface area (TPSA) is 41.0 Å². The molecule has 0 radical (unpaired) electrons. The molecule has 1 aliphatic heterocycles. The normalized spacial score (nSPS) is 15.8. The van der Waals surface area contributed by atoms with Gasteiger partial charge in [-0.3, -0.25) is 4.98 Å². The van der Waals surface area contributed by atoms with E-state index in [9.17, 15) is 8.78 Å². The van der Waals surface area contributed by atoms with Gasteiger partial charge in [-0.1, -0.05) is 34.0 Å². The third-order valence-electron chi connectivity index (χ3n) is 5.50. The van der Waals surface area contributed by atoms with Gasteiger partial charge in [-0.2, -0.15) is 8.78 Å². The molecule has 0 saturated carbocycles. The van der Waals surface area contributed by atoms with Crippen molar-refractivity contribution in [3.63, 3.8) is 0 Å². The summed E-state index contributed by atoms with van der Waals surface area (Å²) in [4.78, 5) is 13.1. The van der Waals surface area contributed by atoms with Crippen molar-refractivity contribution in [2.24, 2.45) is 4.99 Å². The van der Waals surface area contributed by atoms with Crippen LogP contribution in [0.2, 0.25) is 0 Å². The quantitative estimate of drug-likeness (QED) is 0.374. The molecule has 0 amide bonds. The molecule has 2 heterocycles. The van der Waals surface area contributed by atoms with E-state index in [4.69, 9.17) is 4.74 Å². The van der Waals surface area contributed by atoms with Crippen molar-refractivity contribution >= 4 is 26.8 Å². The molecule has 1 aliphatic rings.